The molecule has 0 fully saturated rings. The lowest BCUT2D eigenvalue weighted by Gasteiger charge is -2.08. The van der Waals surface area contributed by atoms with Crippen molar-refractivity contribution in [2.24, 2.45) is 4.99 Å². The quantitative estimate of drug-likeness (QED) is 0.323. The molecule has 0 radical (unpaired) electrons. The summed E-state index contributed by atoms with van der Waals surface area (Å²) in [6.07, 6.45) is -4.78. The van der Waals surface area contributed by atoms with Crippen molar-refractivity contribution >= 4 is 45.9 Å². The number of hydrogen-bond donors (Lipinski definition) is 1. The maximum absolute atomic E-state index is 12.4. The third kappa shape index (κ3) is 5.37. The van der Waals surface area contributed by atoms with Crippen LogP contribution in [0, 0.1) is 0 Å². The molecule has 11 heteroatoms. The van der Waals surface area contributed by atoms with Gasteiger partial charge in [-0.1, -0.05) is 35.3 Å². The second-order valence-electron chi connectivity index (χ2n) is 7.16. The number of methoxy groups -OCH3 is 1. The minimum absolute atomic E-state index is 0.347. The van der Waals surface area contributed by atoms with Gasteiger partial charge in [0.05, 0.1) is 46.0 Å². The van der Waals surface area contributed by atoms with Crippen LogP contribution in [0.1, 0.15) is 15.9 Å². The van der Waals surface area contributed by atoms with E-state index < -0.39 is 12.3 Å². The molecule has 0 aliphatic carbocycles. The van der Waals surface area contributed by atoms with Gasteiger partial charge in [0.15, 0.2) is 0 Å². The van der Waals surface area contributed by atoms with Gasteiger partial charge in [-0.25, -0.2) is 9.79 Å². The Kier molecular flexibility index (Phi) is 6.58. The topological polar surface area (TPSA) is 68.6 Å². The van der Waals surface area contributed by atoms with E-state index in [0.29, 0.717) is 44.5 Å². The Morgan fingerprint density at radius 2 is 1.68 bits per heavy atom. The third-order valence-electron chi connectivity index (χ3n) is 4.85. The van der Waals surface area contributed by atoms with Crippen LogP contribution < -0.4 is 10.4 Å². The van der Waals surface area contributed by atoms with Crippen LogP contribution in [-0.4, -0.2) is 29.0 Å². The lowest BCUT2D eigenvalue weighted by atomic mass is 10.1. The second-order valence-corrected chi connectivity index (χ2v) is 7.97. The molecule has 0 saturated heterocycles. The third-order valence-corrected chi connectivity index (χ3v) is 5.57. The highest BCUT2D eigenvalue weighted by atomic mass is 35.5. The second kappa shape index (κ2) is 9.44. The molecule has 1 aromatic heterocycles. The summed E-state index contributed by atoms with van der Waals surface area (Å²) in [5.74, 6) is -0.790. The zero-order valence-corrected chi connectivity index (χ0v) is 19.0. The van der Waals surface area contributed by atoms with Gasteiger partial charge in [-0.2, -0.15) is 0 Å². The molecule has 0 aliphatic rings. The van der Waals surface area contributed by atoms with E-state index in [-0.39, 0.29) is 5.75 Å². The van der Waals surface area contributed by atoms with Crippen molar-refractivity contribution in [3.8, 4) is 5.75 Å². The average molecular weight is 510 g/mol. The number of esters is 1. The minimum Gasteiger partial charge on any atom is -0.465 e. The molecule has 0 bridgehead atoms. The van der Waals surface area contributed by atoms with Crippen molar-refractivity contribution in [1.82, 2.24) is 9.55 Å². The minimum atomic E-state index is -4.78. The number of halogens is 5. The van der Waals surface area contributed by atoms with Crippen LogP contribution in [0.25, 0.3) is 11.0 Å². The fourth-order valence-corrected chi connectivity index (χ4v) is 3.62. The summed E-state index contributed by atoms with van der Waals surface area (Å²) in [7, 11) is 1.31. The molecule has 0 spiro atoms. The first-order chi connectivity index (χ1) is 16.1. The molecule has 0 amide bonds. The van der Waals surface area contributed by atoms with Gasteiger partial charge in [0.25, 0.3) is 0 Å². The summed E-state index contributed by atoms with van der Waals surface area (Å²) in [4.78, 5) is 19.4. The molecule has 1 N–H and O–H groups in total. The fraction of sp³-hybridized carbons (Fsp3) is 0.130. The highest BCUT2D eigenvalue weighted by Gasteiger charge is 2.30. The highest BCUT2D eigenvalue weighted by Crippen LogP contribution is 2.28. The molecule has 0 aliphatic heterocycles. The predicted molar refractivity (Wildman–Crippen MR) is 122 cm³/mol. The Balaban J connectivity index is 1.76. The van der Waals surface area contributed by atoms with Crippen LogP contribution in [0.5, 0.6) is 5.75 Å². The standard InChI is InChI=1S/C23H16Cl2F3N3O3/c1-33-21(32)14-4-2-13(3-5-14)12-31-20-11-18(25)17(24)10-19(20)30-22(31)29-15-6-8-16(9-7-15)34-23(26,27)28/h2-11H,12H2,1H3,(H,29,30). The highest BCUT2D eigenvalue weighted by molar-refractivity contribution is 6.42. The largest absolute Gasteiger partial charge is 0.573 e. The first-order valence-electron chi connectivity index (χ1n) is 9.78. The van der Waals surface area contributed by atoms with E-state index in [1.165, 1.54) is 31.4 Å². The summed E-state index contributed by atoms with van der Waals surface area (Å²) in [6, 6.07) is 15.4. The van der Waals surface area contributed by atoms with Gasteiger partial charge in [-0.05, 0) is 54.1 Å². The van der Waals surface area contributed by atoms with Crippen LogP contribution in [0.4, 0.5) is 18.9 Å². The maximum atomic E-state index is 12.4. The van der Waals surface area contributed by atoms with Gasteiger partial charge in [0.2, 0.25) is 5.62 Å². The number of carbonyl (C=O) groups excluding carboxylic acids is 1. The normalized spacial score (nSPS) is 12.2. The molecule has 4 rings (SSSR count). The maximum Gasteiger partial charge on any atom is 0.573 e. The van der Waals surface area contributed by atoms with Gasteiger partial charge in [-0.15, -0.1) is 13.2 Å². The first kappa shape index (κ1) is 23.7. The number of aromatic amines is 1. The molecule has 4 aromatic rings. The van der Waals surface area contributed by atoms with E-state index in [1.54, 1.807) is 36.4 Å². The number of fused-ring (bicyclic) bond motifs is 1. The Labute approximate surface area is 201 Å². The predicted octanol–water partition coefficient (Wildman–Crippen LogP) is 6.24. The van der Waals surface area contributed by atoms with E-state index in [1.807, 2.05) is 4.57 Å². The number of ether oxygens (including phenoxy) is 2. The molecule has 0 unspecified atom stereocenters. The van der Waals surface area contributed by atoms with Gasteiger partial charge in [0.1, 0.15) is 5.75 Å². The lowest BCUT2D eigenvalue weighted by Crippen LogP contribution is -2.19. The average Bonchev–Trinajstić information content (AvgIpc) is 3.10. The molecule has 34 heavy (non-hydrogen) atoms. The van der Waals surface area contributed by atoms with Crippen molar-refractivity contribution in [1.29, 1.82) is 0 Å². The Morgan fingerprint density at radius 3 is 2.29 bits per heavy atom. The fourth-order valence-electron chi connectivity index (χ4n) is 3.30. The number of aromatic nitrogens is 2. The Morgan fingerprint density at radius 1 is 1.03 bits per heavy atom. The van der Waals surface area contributed by atoms with E-state index in [2.05, 4.69) is 14.7 Å². The molecule has 6 nitrogen and oxygen atoms in total. The van der Waals surface area contributed by atoms with E-state index in [4.69, 9.17) is 27.9 Å². The zero-order valence-electron chi connectivity index (χ0n) is 17.5. The monoisotopic (exact) mass is 509 g/mol. The molecular weight excluding hydrogens is 494 g/mol. The number of carbonyl (C=O) groups is 1. The van der Waals surface area contributed by atoms with Crippen LogP contribution in [0.15, 0.2) is 65.7 Å². The van der Waals surface area contributed by atoms with Gasteiger partial charge < -0.3 is 19.0 Å². The number of alkyl halides is 3. The number of nitrogens with zero attached hydrogens (tertiary/aromatic N) is 2. The molecule has 0 saturated carbocycles. The summed E-state index contributed by atoms with van der Waals surface area (Å²) in [5, 5.41) is 0.702. The summed E-state index contributed by atoms with van der Waals surface area (Å²) in [6.45, 7) is 0.355. The lowest BCUT2D eigenvalue weighted by molar-refractivity contribution is -0.274. The number of imidazole rings is 1. The smallest absolute Gasteiger partial charge is 0.465 e. The van der Waals surface area contributed by atoms with Crippen molar-refractivity contribution in [3.05, 3.63) is 87.5 Å². The Bertz CT molecular complexity index is 1410. The number of rotatable bonds is 5. The molecule has 3 aromatic carbocycles. The van der Waals surface area contributed by atoms with Gasteiger partial charge >= 0.3 is 12.3 Å². The molecular formula is C23H16Cl2F3N3O3. The Hall–Kier alpha value is -3.43. The van der Waals surface area contributed by atoms with Crippen molar-refractivity contribution in [2.45, 2.75) is 12.9 Å². The number of nitrogens with one attached hydrogen (secondary N) is 1. The molecule has 1 heterocycles. The van der Waals surface area contributed by atoms with Crippen LogP contribution in [-0.2, 0) is 11.3 Å². The van der Waals surface area contributed by atoms with Crippen LogP contribution in [0.3, 0.4) is 0 Å². The van der Waals surface area contributed by atoms with Crippen molar-refractivity contribution in [2.75, 3.05) is 7.11 Å². The van der Waals surface area contributed by atoms with E-state index in [0.717, 1.165) is 5.56 Å². The summed E-state index contributed by atoms with van der Waals surface area (Å²) >= 11 is 12.4. The van der Waals surface area contributed by atoms with E-state index in [9.17, 15) is 18.0 Å². The molecule has 176 valence electrons. The van der Waals surface area contributed by atoms with E-state index >= 15 is 0 Å². The van der Waals surface area contributed by atoms with Crippen LogP contribution in [0.2, 0.25) is 10.0 Å². The number of H-pyrrole nitrogens is 1. The number of hydrogen-bond acceptors (Lipinski definition) is 4. The van der Waals surface area contributed by atoms with Gasteiger partial charge in [-0.3, -0.25) is 0 Å². The zero-order chi connectivity index (χ0) is 24.5. The molecule has 0 atom stereocenters. The van der Waals surface area contributed by atoms with Gasteiger partial charge in [0, 0.05) is 0 Å². The summed E-state index contributed by atoms with van der Waals surface area (Å²) in [5.41, 5.74) is 3.45. The summed E-state index contributed by atoms with van der Waals surface area (Å²) < 4.78 is 47.7. The first-order valence-corrected chi connectivity index (χ1v) is 10.5. The van der Waals surface area contributed by atoms with Crippen molar-refractivity contribution < 1.29 is 27.4 Å². The number of benzene rings is 3. The van der Waals surface area contributed by atoms with Crippen LogP contribution >= 0.6 is 23.2 Å². The van der Waals surface area contributed by atoms with Crippen molar-refractivity contribution in [3.63, 3.8) is 0 Å². The SMILES string of the molecule is COC(=O)c1ccc(Cn2c(=Nc3ccc(OC(F)(F)F)cc3)[nH]c3cc(Cl)c(Cl)cc32)cc1.